The fourth-order valence-corrected chi connectivity index (χ4v) is 4.56. The van der Waals surface area contributed by atoms with E-state index in [9.17, 15) is 9.59 Å². The third-order valence-corrected chi connectivity index (χ3v) is 6.24. The van der Waals surface area contributed by atoms with Crippen molar-refractivity contribution in [2.24, 2.45) is 0 Å². The van der Waals surface area contributed by atoms with Crippen LogP contribution in [0.3, 0.4) is 0 Å². The minimum absolute atomic E-state index is 0.0595. The van der Waals surface area contributed by atoms with Crippen LogP contribution < -0.4 is 5.56 Å². The molecule has 5 aromatic rings. The molecular weight excluding hydrogens is 416 g/mol. The molecular formula is C24H15ClN2O2S. The van der Waals surface area contributed by atoms with E-state index < -0.39 is 0 Å². The molecule has 30 heavy (non-hydrogen) atoms. The molecule has 0 saturated carbocycles. The van der Waals surface area contributed by atoms with Crippen LogP contribution in [0, 0.1) is 0 Å². The average Bonchev–Trinajstić information content (AvgIpc) is 3.21. The van der Waals surface area contributed by atoms with Crippen LogP contribution in [0.25, 0.3) is 32.1 Å². The highest BCUT2D eigenvalue weighted by atomic mass is 35.5. The molecule has 6 heteroatoms. The van der Waals surface area contributed by atoms with Crippen LogP contribution >= 0.6 is 22.9 Å². The van der Waals surface area contributed by atoms with Crippen molar-refractivity contribution in [3.8, 4) is 11.1 Å². The lowest BCUT2D eigenvalue weighted by atomic mass is 10.0. The molecule has 0 fully saturated rings. The maximum Gasteiger partial charge on any atom is 0.263 e. The molecule has 0 unspecified atom stereocenters. The summed E-state index contributed by atoms with van der Waals surface area (Å²) in [6.07, 6.45) is 1.45. The molecule has 0 N–H and O–H groups in total. The van der Waals surface area contributed by atoms with Crippen LogP contribution in [0.1, 0.15) is 10.4 Å². The third-order valence-electron chi connectivity index (χ3n) is 5.10. The molecule has 2 aromatic heterocycles. The van der Waals surface area contributed by atoms with E-state index in [1.165, 1.54) is 22.2 Å². The number of ketones is 1. The fourth-order valence-electron chi connectivity index (χ4n) is 3.53. The first kappa shape index (κ1) is 18.7. The number of benzene rings is 3. The summed E-state index contributed by atoms with van der Waals surface area (Å²) < 4.78 is 1.38. The molecule has 3 aromatic carbocycles. The highest BCUT2D eigenvalue weighted by Gasteiger charge is 2.15. The Hall–Kier alpha value is -3.28. The van der Waals surface area contributed by atoms with Crippen molar-refractivity contribution in [3.05, 3.63) is 99.4 Å². The van der Waals surface area contributed by atoms with Gasteiger partial charge in [0, 0.05) is 21.5 Å². The lowest BCUT2D eigenvalue weighted by Gasteiger charge is -2.07. The number of rotatable bonds is 4. The van der Waals surface area contributed by atoms with Gasteiger partial charge < -0.3 is 0 Å². The molecule has 0 atom stereocenters. The van der Waals surface area contributed by atoms with E-state index in [0.717, 1.165) is 21.9 Å². The number of carbonyl (C=O) groups excluding carboxylic acids is 1. The zero-order valence-electron chi connectivity index (χ0n) is 15.7. The van der Waals surface area contributed by atoms with Crippen LogP contribution in [0.2, 0.25) is 5.02 Å². The van der Waals surface area contributed by atoms with E-state index in [2.05, 4.69) is 4.98 Å². The van der Waals surface area contributed by atoms with Gasteiger partial charge in [0.15, 0.2) is 5.78 Å². The molecule has 0 saturated heterocycles. The van der Waals surface area contributed by atoms with Crippen molar-refractivity contribution >= 4 is 49.7 Å². The van der Waals surface area contributed by atoms with Gasteiger partial charge in [-0.25, -0.2) is 4.98 Å². The molecule has 5 rings (SSSR count). The lowest BCUT2D eigenvalue weighted by molar-refractivity contribution is 0.0971. The van der Waals surface area contributed by atoms with Crippen LogP contribution in [-0.2, 0) is 6.54 Å². The Bertz CT molecular complexity index is 1470. The van der Waals surface area contributed by atoms with Gasteiger partial charge in [0.2, 0.25) is 0 Å². The molecule has 4 nitrogen and oxygen atoms in total. The molecule has 0 spiro atoms. The van der Waals surface area contributed by atoms with Gasteiger partial charge in [0.05, 0.1) is 18.3 Å². The molecule has 0 aliphatic heterocycles. The Labute approximate surface area is 181 Å². The predicted molar refractivity (Wildman–Crippen MR) is 123 cm³/mol. The summed E-state index contributed by atoms with van der Waals surface area (Å²) in [7, 11) is 0. The number of fused-ring (bicyclic) bond motifs is 2. The van der Waals surface area contributed by atoms with E-state index in [1.807, 2.05) is 53.9 Å². The summed E-state index contributed by atoms with van der Waals surface area (Å²) in [5.74, 6) is -0.132. The largest absolute Gasteiger partial charge is 0.292 e. The van der Waals surface area contributed by atoms with E-state index in [0.29, 0.717) is 20.8 Å². The van der Waals surface area contributed by atoms with E-state index in [4.69, 9.17) is 11.6 Å². The number of Topliss-reactive ketones (excluding diaryl/α,β-unsaturated/α-hetero) is 1. The number of nitrogens with zero attached hydrogens (tertiary/aromatic N) is 2. The van der Waals surface area contributed by atoms with Gasteiger partial charge in [-0.2, -0.15) is 0 Å². The van der Waals surface area contributed by atoms with Crippen LogP contribution in [-0.4, -0.2) is 15.3 Å². The summed E-state index contributed by atoms with van der Waals surface area (Å²) in [5, 5.41) is 5.14. The molecule has 0 radical (unpaired) electrons. The first-order chi connectivity index (χ1) is 14.6. The Morgan fingerprint density at radius 2 is 1.77 bits per heavy atom. The minimum atomic E-state index is -0.222. The Kier molecular flexibility index (Phi) is 4.69. The van der Waals surface area contributed by atoms with Gasteiger partial charge in [-0.05, 0) is 34.5 Å². The molecule has 0 aliphatic carbocycles. The number of carbonyl (C=O) groups is 1. The van der Waals surface area contributed by atoms with E-state index >= 15 is 0 Å². The Morgan fingerprint density at radius 1 is 1.00 bits per heavy atom. The number of aromatic nitrogens is 2. The number of hydrogen-bond donors (Lipinski definition) is 0. The van der Waals surface area contributed by atoms with Crippen molar-refractivity contribution in [1.82, 2.24) is 9.55 Å². The van der Waals surface area contributed by atoms with Gasteiger partial charge in [-0.15, -0.1) is 11.3 Å². The van der Waals surface area contributed by atoms with Crippen molar-refractivity contribution in [3.63, 3.8) is 0 Å². The number of hydrogen-bond acceptors (Lipinski definition) is 4. The monoisotopic (exact) mass is 430 g/mol. The first-order valence-corrected chi connectivity index (χ1v) is 10.6. The summed E-state index contributed by atoms with van der Waals surface area (Å²) in [4.78, 5) is 31.1. The molecule has 0 aliphatic rings. The first-order valence-electron chi connectivity index (χ1n) is 9.35. The fraction of sp³-hybridized carbons (Fsp3) is 0.0417. The SMILES string of the molecule is O=C(Cn1cnc2scc(-c3ccc(Cl)cc3)c2c1=O)c1ccc2ccccc2c1. The summed E-state index contributed by atoms with van der Waals surface area (Å²) >= 11 is 7.40. The second-order valence-electron chi connectivity index (χ2n) is 7.00. The highest BCUT2D eigenvalue weighted by Crippen LogP contribution is 2.31. The molecule has 146 valence electrons. The lowest BCUT2D eigenvalue weighted by Crippen LogP contribution is -2.24. The van der Waals surface area contributed by atoms with E-state index in [1.54, 1.807) is 18.2 Å². The predicted octanol–water partition coefficient (Wildman–Crippen LogP) is 5.81. The Morgan fingerprint density at radius 3 is 2.57 bits per heavy atom. The zero-order chi connectivity index (χ0) is 20.7. The standard InChI is InChI=1S/C24H15ClN2O2S/c25-19-9-7-16(8-10-19)20-13-30-23-22(20)24(29)27(14-26-23)12-21(28)18-6-5-15-3-1-2-4-17(15)11-18/h1-11,13-14H,12H2. The second-order valence-corrected chi connectivity index (χ2v) is 8.29. The topological polar surface area (TPSA) is 52.0 Å². The normalized spacial score (nSPS) is 11.2. The number of halogens is 1. The molecule has 2 heterocycles. The van der Waals surface area contributed by atoms with Crippen molar-refractivity contribution in [1.29, 1.82) is 0 Å². The summed E-state index contributed by atoms with van der Waals surface area (Å²) in [5.41, 5.74) is 2.05. The summed E-state index contributed by atoms with van der Waals surface area (Å²) in [6, 6.07) is 20.8. The minimum Gasteiger partial charge on any atom is -0.292 e. The van der Waals surface area contributed by atoms with Crippen molar-refractivity contribution < 1.29 is 4.79 Å². The van der Waals surface area contributed by atoms with E-state index in [-0.39, 0.29) is 17.9 Å². The number of thiophene rings is 1. The maximum absolute atomic E-state index is 13.2. The third kappa shape index (κ3) is 3.32. The van der Waals surface area contributed by atoms with Gasteiger partial charge in [0.25, 0.3) is 5.56 Å². The molecule has 0 amide bonds. The second kappa shape index (κ2) is 7.52. The average molecular weight is 431 g/mol. The van der Waals surface area contributed by atoms with Gasteiger partial charge >= 0.3 is 0 Å². The van der Waals surface area contributed by atoms with Gasteiger partial charge in [0.1, 0.15) is 4.83 Å². The van der Waals surface area contributed by atoms with Crippen LogP contribution in [0.4, 0.5) is 0 Å². The van der Waals surface area contributed by atoms with Gasteiger partial charge in [-0.1, -0.05) is 60.1 Å². The quantitative estimate of drug-likeness (QED) is 0.338. The van der Waals surface area contributed by atoms with Crippen LogP contribution in [0.15, 0.2) is 83.2 Å². The molecule has 0 bridgehead atoms. The Balaban J connectivity index is 1.53. The summed E-state index contributed by atoms with van der Waals surface area (Å²) in [6.45, 7) is -0.0595. The smallest absolute Gasteiger partial charge is 0.263 e. The van der Waals surface area contributed by atoms with Gasteiger partial charge in [-0.3, -0.25) is 14.2 Å². The van der Waals surface area contributed by atoms with Crippen LogP contribution in [0.5, 0.6) is 0 Å². The van der Waals surface area contributed by atoms with Crippen molar-refractivity contribution in [2.45, 2.75) is 6.54 Å². The van der Waals surface area contributed by atoms with Crippen molar-refractivity contribution in [2.75, 3.05) is 0 Å². The maximum atomic E-state index is 13.2. The highest BCUT2D eigenvalue weighted by molar-refractivity contribution is 7.17. The zero-order valence-corrected chi connectivity index (χ0v) is 17.3.